The molecule has 1 aliphatic carbocycles. The molecule has 1 heterocycles. The van der Waals surface area contributed by atoms with Crippen LogP contribution in [0.5, 0.6) is 5.75 Å². The van der Waals surface area contributed by atoms with Gasteiger partial charge in [-0.2, -0.15) is 11.8 Å². The van der Waals surface area contributed by atoms with Crippen LogP contribution in [0, 0.1) is 0 Å². The third kappa shape index (κ3) is 2.40. The SMILES string of the molecule is COc1cccc2c1nc(CCCl)n2CC1(SC)CC1. The lowest BCUT2D eigenvalue weighted by atomic mass is 10.3. The van der Waals surface area contributed by atoms with Gasteiger partial charge in [0.1, 0.15) is 17.1 Å². The minimum atomic E-state index is 0.401. The highest BCUT2D eigenvalue weighted by molar-refractivity contribution is 8.00. The maximum atomic E-state index is 5.94. The molecule has 3 rings (SSSR count). The molecular weight excluding hydrogens is 292 g/mol. The molecule has 0 amide bonds. The average Bonchev–Trinajstić information content (AvgIpc) is 3.17. The van der Waals surface area contributed by atoms with E-state index in [1.807, 2.05) is 23.9 Å². The van der Waals surface area contributed by atoms with E-state index in [0.717, 1.165) is 35.6 Å². The fourth-order valence-electron chi connectivity index (χ4n) is 2.64. The van der Waals surface area contributed by atoms with E-state index in [1.54, 1.807) is 7.11 Å². The van der Waals surface area contributed by atoms with Crippen molar-refractivity contribution in [1.82, 2.24) is 9.55 Å². The summed E-state index contributed by atoms with van der Waals surface area (Å²) in [6.07, 6.45) is 5.58. The van der Waals surface area contributed by atoms with Gasteiger partial charge in [-0.1, -0.05) is 6.07 Å². The third-order valence-corrected chi connectivity index (χ3v) is 5.64. The smallest absolute Gasteiger partial charge is 0.146 e. The van der Waals surface area contributed by atoms with Crippen LogP contribution < -0.4 is 4.74 Å². The van der Waals surface area contributed by atoms with Crippen molar-refractivity contribution < 1.29 is 4.74 Å². The predicted octanol–water partition coefficient (Wildman–Crippen LogP) is 3.72. The highest BCUT2D eigenvalue weighted by Gasteiger charge is 2.42. The van der Waals surface area contributed by atoms with E-state index >= 15 is 0 Å². The van der Waals surface area contributed by atoms with Crippen molar-refractivity contribution in [2.75, 3.05) is 19.2 Å². The van der Waals surface area contributed by atoms with Crippen LogP contribution in [-0.2, 0) is 13.0 Å². The number of ether oxygens (including phenoxy) is 1. The first-order chi connectivity index (χ1) is 9.73. The molecule has 0 atom stereocenters. The van der Waals surface area contributed by atoms with Crippen molar-refractivity contribution in [1.29, 1.82) is 0 Å². The molecule has 1 aliphatic rings. The zero-order valence-corrected chi connectivity index (χ0v) is 13.4. The van der Waals surface area contributed by atoms with Crippen molar-refractivity contribution in [3.63, 3.8) is 0 Å². The Balaban J connectivity index is 2.09. The van der Waals surface area contributed by atoms with Crippen LogP contribution in [0.3, 0.4) is 0 Å². The first kappa shape index (κ1) is 14.1. The second-order valence-corrected chi connectivity index (χ2v) is 6.92. The third-order valence-electron chi connectivity index (χ3n) is 4.05. The molecule has 0 N–H and O–H groups in total. The van der Waals surface area contributed by atoms with Crippen LogP contribution in [0.1, 0.15) is 18.7 Å². The van der Waals surface area contributed by atoms with Crippen molar-refractivity contribution in [2.45, 2.75) is 30.6 Å². The number of benzene rings is 1. The molecule has 0 radical (unpaired) electrons. The average molecular weight is 311 g/mol. The number of aryl methyl sites for hydroxylation is 1. The summed E-state index contributed by atoms with van der Waals surface area (Å²) < 4.78 is 8.17. The fourth-order valence-corrected chi connectivity index (χ4v) is 3.58. The Morgan fingerprint density at radius 3 is 2.85 bits per heavy atom. The fraction of sp³-hybridized carbons (Fsp3) is 0.533. The summed E-state index contributed by atoms with van der Waals surface area (Å²) in [6, 6.07) is 6.12. The zero-order chi connectivity index (χ0) is 14.2. The zero-order valence-electron chi connectivity index (χ0n) is 11.9. The molecule has 1 saturated carbocycles. The molecule has 0 aliphatic heterocycles. The van der Waals surface area contributed by atoms with E-state index in [-0.39, 0.29) is 0 Å². The largest absolute Gasteiger partial charge is 0.494 e. The Bertz CT molecular complexity index is 622. The van der Waals surface area contributed by atoms with Gasteiger partial charge in [-0.15, -0.1) is 11.6 Å². The number of fused-ring (bicyclic) bond motifs is 1. The van der Waals surface area contributed by atoms with Gasteiger partial charge in [0.15, 0.2) is 0 Å². The molecule has 20 heavy (non-hydrogen) atoms. The Morgan fingerprint density at radius 2 is 2.25 bits per heavy atom. The number of hydrogen-bond acceptors (Lipinski definition) is 3. The van der Waals surface area contributed by atoms with Gasteiger partial charge in [0, 0.05) is 23.6 Å². The van der Waals surface area contributed by atoms with E-state index in [2.05, 4.69) is 16.9 Å². The molecule has 0 spiro atoms. The Morgan fingerprint density at radius 1 is 1.45 bits per heavy atom. The molecular formula is C15H19ClN2OS. The number of halogens is 1. The van der Waals surface area contributed by atoms with Crippen LogP contribution in [0.4, 0.5) is 0 Å². The molecule has 108 valence electrons. The molecule has 2 aromatic rings. The van der Waals surface area contributed by atoms with Gasteiger partial charge in [0.25, 0.3) is 0 Å². The first-order valence-corrected chi connectivity index (χ1v) is 8.62. The van der Waals surface area contributed by atoms with Crippen LogP contribution in [0.25, 0.3) is 11.0 Å². The minimum absolute atomic E-state index is 0.401. The molecule has 1 aromatic carbocycles. The number of para-hydroxylation sites is 1. The first-order valence-electron chi connectivity index (χ1n) is 6.86. The summed E-state index contributed by atoms with van der Waals surface area (Å²) in [6.45, 7) is 1.02. The number of aromatic nitrogens is 2. The van der Waals surface area contributed by atoms with E-state index in [9.17, 15) is 0 Å². The van der Waals surface area contributed by atoms with Gasteiger partial charge in [-0.05, 0) is 31.2 Å². The van der Waals surface area contributed by atoms with Crippen LogP contribution in [0.15, 0.2) is 18.2 Å². The normalized spacial score (nSPS) is 16.6. The van der Waals surface area contributed by atoms with Crippen molar-refractivity contribution in [3.8, 4) is 5.75 Å². The summed E-state index contributed by atoms with van der Waals surface area (Å²) in [5.41, 5.74) is 2.11. The summed E-state index contributed by atoms with van der Waals surface area (Å²) in [7, 11) is 1.69. The highest BCUT2D eigenvalue weighted by Crippen LogP contribution is 2.49. The highest BCUT2D eigenvalue weighted by atomic mass is 35.5. The molecule has 0 bridgehead atoms. The standard InChI is InChI=1S/C15H19ClN2OS/c1-19-12-5-3-4-11-14(12)17-13(6-9-16)18(11)10-15(20-2)7-8-15/h3-5H,6-10H2,1-2H3. The predicted molar refractivity (Wildman–Crippen MR) is 86.2 cm³/mol. The molecule has 3 nitrogen and oxygen atoms in total. The topological polar surface area (TPSA) is 27.1 Å². The van der Waals surface area contributed by atoms with Crippen LogP contribution in [0.2, 0.25) is 0 Å². The number of imidazole rings is 1. The van der Waals surface area contributed by atoms with Gasteiger partial charge >= 0.3 is 0 Å². The number of alkyl halides is 1. The molecule has 0 unspecified atom stereocenters. The molecule has 0 saturated heterocycles. The second kappa shape index (κ2) is 5.49. The lowest BCUT2D eigenvalue weighted by molar-refractivity contribution is 0.419. The van der Waals surface area contributed by atoms with E-state index in [1.165, 1.54) is 12.8 Å². The number of hydrogen-bond donors (Lipinski definition) is 0. The maximum Gasteiger partial charge on any atom is 0.146 e. The lowest BCUT2D eigenvalue weighted by Crippen LogP contribution is -2.16. The molecule has 5 heteroatoms. The van der Waals surface area contributed by atoms with Crippen LogP contribution >= 0.6 is 23.4 Å². The molecule has 1 aromatic heterocycles. The Hall–Kier alpha value is -0.870. The van der Waals surface area contributed by atoms with Crippen LogP contribution in [-0.4, -0.2) is 33.5 Å². The van der Waals surface area contributed by atoms with Gasteiger partial charge in [-0.3, -0.25) is 0 Å². The number of thioether (sulfide) groups is 1. The second-order valence-electron chi connectivity index (χ2n) is 5.27. The Labute approximate surface area is 128 Å². The Kier molecular flexibility index (Phi) is 3.87. The van der Waals surface area contributed by atoms with Gasteiger partial charge in [-0.25, -0.2) is 4.98 Å². The monoisotopic (exact) mass is 310 g/mol. The number of rotatable bonds is 6. The maximum absolute atomic E-state index is 5.94. The van der Waals surface area contributed by atoms with Gasteiger partial charge in [0.2, 0.25) is 0 Å². The summed E-state index contributed by atoms with van der Waals surface area (Å²) in [4.78, 5) is 4.76. The summed E-state index contributed by atoms with van der Waals surface area (Å²) in [5.74, 6) is 2.50. The molecule has 1 fully saturated rings. The summed E-state index contributed by atoms with van der Waals surface area (Å²) in [5, 5.41) is 0. The van der Waals surface area contributed by atoms with Crippen molar-refractivity contribution in [2.24, 2.45) is 0 Å². The van der Waals surface area contributed by atoms with E-state index in [0.29, 0.717) is 10.6 Å². The lowest BCUT2D eigenvalue weighted by Gasteiger charge is -2.16. The van der Waals surface area contributed by atoms with Crippen molar-refractivity contribution in [3.05, 3.63) is 24.0 Å². The quantitative estimate of drug-likeness (QED) is 0.761. The summed E-state index contributed by atoms with van der Waals surface area (Å²) >= 11 is 7.91. The van der Waals surface area contributed by atoms with Crippen molar-refractivity contribution >= 4 is 34.4 Å². The van der Waals surface area contributed by atoms with E-state index < -0.39 is 0 Å². The number of nitrogens with zero attached hydrogens (tertiary/aromatic N) is 2. The van der Waals surface area contributed by atoms with Gasteiger partial charge < -0.3 is 9.30 Å². The van der Waals surface area contributed by atoms with Gasteiger partial charge in [0.05, 0.1) is 12.6 Å². The minimum Gasteiger partial charge on any atom is -0.494 e. The van der Waals surface area contributed by atoms with E-state index in [4.69, 9.17) is 21.3 Å². The number of methoxy groups -OCH3 is 1.